The molecule has 0 saturated heterocycles. The van der Waals surface area contributed by atoms with Crippen LogP contribution in [0, 0.1) is 15.9 Å². The van der Waals surface area contributed by atoms with Gasteiger partial charge < -0.3 is 0 Å². The van der Waals surface area contributed by atoms with Crippen molar-refractivity contribution in [1.82, 2.24) is 9.55 Å². The molecule has 2 rings (SSSR count). The molecule has 0 fully saturated rings. The van der Waals surface area contributed by atoms with Gasteiger partial charge in [-0.25, -0.2) is 9.18 Å². The number of nitrogens with one attached hydrogen (secondary N) is 1. The Hall–Kier alpha value is -2.29. The lowest BCUT2D eigenvalue weighted by Crippen LogP contribution is -2.31. The fourth-order valence-corrected chi connectivity index (χ4v) is 1.91. The highest BCUT2D eigenvalue weighted by atomic mass is 79.9. The maximum atomic E-state index is 13.7. The molecule has 0 spiro atoms. The predicted octanol–water partition coefficient (Wildman–Crippen LogP) is 1.39. The first-order valence-electron chi connectivity index (χ1n) is 5.30. The molecule has 1 N–H and O–H groups in total. The van der Waals surface area contributed by atoms with E-state index in [1.54, 1.807) is 6.07 Å². The highest BCUT2D eigenvalue weighted by molar-refractivity contribution is 9.10. The summed E-state index contributed by atoms with van der Waals surface area (Å²) in [5.74, 6) is -0.569. The van der Waals surface area contributed by atoms with Gasteiger partial charge >= 0.3 is 16.9 Å². The molecule has 104 valence electrons. The first-order valence-corrected chi connectivity index (χ1v) is 6.10. The SMILES string of the molecule is O=c1[nH]c(=O)n(Cc2ccc(Br)cc2F)cc1[N+](=O)[O-]. The smallest absolute Gasteiger partial charge is 0.289 e. The predicted molar refractivity (Wildman–Crippen MR) is 71.2 cm³/mol. The molecular weight excluding hydrogens is 337 g/mol. The van der Waals surface area contributed by atoms with Crippen molar-refractivity contribution in [3.63, 3.8) is 0 Å². The molecule has 2 aromatic rings. The van der Waals surface area contributed by atoms with E-state index in [0.29, 0.717) is 4.47 Å². The zero-order chi connectivity index (χ0) is 14.9. The number of hydrogen-bond acceptors (Lipinski definition) is 4. The Balaban J connectivity index is 2.48. The van der Waals surface area contributed by atoms with Gasteiger partial charge in [-0.3, -0.25) is 24.5 Å². The van der Waals surface area contributed by atoms with Gasteiger partial charge in [-0.2, -0.15) is 0 Å². The summed E-state index contributed by atoms with van der Waals surface area (Å²) >= 11 is 3.09. The number of halogens is 2. The number of benzene rings is 1. The van der Waals surface area contributed by atoms with Crippen LogP contribution in [0.4, 0.5) is 10.1 Å². The molecule has 0 radical (unpaired) electrons. The van der Waals surface area contributed by atoms with Crippen LogP contribution in [0.15, 0.2) is 38.5 Å². The number of nitro groups is 1. The molecule has 0 atom stereocenters. The maximum absolute atomic E-state index is 13.7. The van der Waals surface area contributed by atoms with E-state index in [4.69, 9.17) is 0 Å². The molecule has 0 amide bonds. The number of aromatic nitrogens is 2. The van der Waals surface area contributed by atoms with E-state index in [0.717, 1.165) is 10.8 Å². The van der Waals surface area contributed by atoms with Crippen molar-refractivity contribution < 1.29 is 9.31 Å². The molecular formula is C11H7BrFN3O4. The Kier molecular flexibility index (Phi) is 3.79. The number of nitrogens with zero attached hydrogens (tertiary/aromatic N) is 2. The van der Waals surface area contributed by atoms with Gasteiger partial charge in [0.25, 0.3) is 0 Å². The molecule has 7 nitrogen and oxygen atoms in total. The van der Waals surface area contributed by atoms with Gasteiger partial charge in [0, 0.05) is 10.0 Å². The number of H-pyrrole nitrogens is 1. The Bertz CT molecular complexity index is 799. The first kappa shape index (κ1) is 14.1. The molecule has 20 heavy (non-hydrogen) atoms. The Morgan fingerprint density at radius 1 is 1.40 bits per heavy atom. The second-order valence-electron chi connectivity index (χ2n) is 3.89. The van der Waals surface area contributed by atoms with E-state index < -0.39 is 27.7 Å². The second-order valence-corrected chi connectivity index (χ2v) is 4.81. The van der Waals surface area contributed by atoms with Gasteiger partial charge in [-0.1, -0.05) is 22.0 Å². The van der Waals surface area contributed by atoms with E-state index in [-0.39, 0.29) is 12.1 Å². The van der Waals surface area contributed by atoms with Crippen molar-refractivity contribution in [2.45, 2.75) is 6.54 Å². The summed E-state index contributed by atoms with van der Waals surface area (Å²) in [6, 6.07) is 4.22. The molecule has 1 aromatic carbocycles. The van der Waals surface area contributed by atoms with Gasteiger partial charge in [0.05, 0.1) is 17.7 Å². The third kappa shape index (κ3) is 2.82. The summed E-state index contributed by atoms with van der Waals surface area (Å²) in [7, 11) is 0. The molecule has 0 aliphatic carbocycles. The first-order chi connectivity index (χ1) is 9.38. The molecule has 0 aliphatic heterocycles. The lowest BCUT2D eigenvalue weighted by molar-refractivity contribution is -0.386. The van der Waals surface area contributed by atoms with Crippen LogP contribution in [0.5, 0.6) is 0 Å². The summed E-state index contributed by atoms with van der Waals surface area (Å²) in [5, 5.41) is 10.6. The van der Waals surface area contributed by atoms with Gasteiger partial charge in [0.15, 0.2) is 0 Å². The molecule has 0 unspecified atom stereocenters. The zero-order valence-corrected chi connectivity index (χ0v) is 11.4. The average molecular weight is 344 g/mol. The molecule has 1 heterocycles. The van der Waals surface area contributed by atoms with E-state index in [1.807, 2.05) is 4.98 Å². The molecule has 0 aliphatic rings. The molecule has 0 bridgehead atoms. The summed E-state index contributed by atoms with van der Waals surface area (Å²) in [6.45, 7) is -0.227. The lowest BCUT2D eigenvalue weighted by atomic mass is 10.2. The minimum Gasteiger partial charge on any atom is -0.289 e. The summed E-state index contributed by atoms with van der Waals surface area (Å²) in [5.41, 5.74) is -2.55. The zero-order valence-electron chi connectivity index (χ0n) is 9.80. The lowest BCUT2D eigenvalue weighted by Gasteiger charge is -2.06. The standard InChI is InChI=1S/C11H7BrFN3O4/c12-7-2-1-6(8(13)3-7)4-15-5-9(16(19)20)10(17)14-11(15)18/h1-3,5H,4H2,(H,14,17,18). The van der Waals surface area contributed by atoms with Crippen molar-refractivity contribution in [3.8, 4) is 0 Å². The highest BCUT2D eigenvalue weighted by Gasteiger charge is 2.15. The fourth-order valence-electron chi connectivity index (χ4n) is 1.58. The van der Waals surface area contributed by atoms with Gasteiger partial charge in [-0.15, -0.1) is 0 Å². The fraction of sp³-hybridized carbons (Fsp3) is 0.0909. The normalized spacial score (nSPS) is 10.5. The van der Waals surface area contributed by atoms with Gasteiger partial charge in [0.1, 0.15) is 5.82 Å². The van der Waals surface area contributed by atoms with Crippen molar-refractivity contribution in [3.05, 3.63) is 71.2 Å². The number of hydrogen-bond donors (Lipinski definition) is 1. The van der Waals surface area contributed by atoms with Crippen molar-refractivity contribution >= 4 is 21.6 Å². The number of rotatable bonds is 3. The Labute approximate surface area is 119 Å². The van der Waals surface area contributed by atoms with Crippen LogP contribution in [0.2, 0.25) is 0 Å². The van der Waals surface area contributed by atoms with Crippen molar-refractivity contribution in [1.29, 1.82) is 0 Å². The van der Waals surface area contributed by atoms with Gasteiger partial charge in [0.2, 0.25) is 0 Å². The topological polar surface area (TPSA) is 98.0 Å². The van der Waals surface area contributed by atoms with Crippen LogP contribution in [0.1, 0.15) is 5.56 Å². The second kappa shape index (κ2) is 5.37. The van der Waals surface area contributed by atoms with E-state index in [9.17, 15) is 24.1 Å². The highest BCUT2D eigenvalue weighted by Crippen LogP contribution is 2.16. The monoisotopic (exact) mass is 343 g/mol. The van der Waals surface area contributed by atoms with E-state index in [2.05, 4.69) is 15.9 Å². The minimum atomic E-state index is -1.09. The van der Waals surface area contributed by atoms with Crippen LogP contribution in [0.3, 0.4) is 0 Å². The summed E-state index contributed by atoms with van der Waals surface area (Å²) in [4.78, 5) is 34.3. The minimum absolute atomic E-state index is 0.164. The summed E-state index contributed by atoms with van der Waals surface area (Å²) in [6.07, 6.45) is 0.794. The molecule has 0 saturated carbocycles. The van der Waals surface area contributed by atoms with Crippen LogP contribution in [-0.4, -0.2) is 14.5 Å². The van der Waals surface area contributed by atoms with Gasteiger partial charge in [-0.05, 0) is 12.1 Å². The van der Waals surface area contributed by atoms with E-state index in [1.165, 1.54) is 12.1 Å². The number of aromatic amines is 1. The Morgan fingerprint density at radius 3 is 2.70 bits per heavy atom. The quantitative estimate of drug-likeness (QED) is 0.672. The van der Waals surface area contributed by atoms with Crippen molar-refractivity contribution in [2.75, 3.05) is 0 Å². The Morgan fingerprint density at radius 2 is 2.10 bits per heavy atom. The maximum Gasteiger partial charge on any atom is 0.350 e. The van der Waals surface area contributed by atoms with Crippen LogP contribution in [-0.2, 0) is 6.54 Å². The molecule has 1 aromatic heterocycles. The van der Waals surface area contributed by atoms with Crippen LogP contribution in [0.25, 0.3) is 0 Å². The van der Waals surface area contributed by atoms with Crippen LogP contribution < -0.4 is 11.2 Å². The molecule has 9 heteroatoms. The average Bonchev–Trinajstić information content (AvgIpc) is 2.35. The third-order valence-corrected chi connectivity index (χ3v) is 3.04. The third-order valence-electron chi connectivity index (χ3n) is 2.54. The summed E-state index contributed by atoms with van der Waals surface area (Å²) < 4.78 is 15.0. The van der Waals surface area contributed by atoms with Crippen molar-refractivity contribution in [2.24, 2.45) is 0 Å². The van der Waals surface area contributed by atoms with E-state index >= 15 is 0 Å². The van der Waals surface area contributed by atoms with Crippen LogP contribution >= 0.6 is 15.9 Å². The largest absolute Gasteiger partial charge is 0.350 e.